The van der Waals surface area contributed by atoms with Crippen molar-refractivity contribution in [1.29, 1.82) is 0 Å². The zero-order chi connectivity index (χ0) is 17.7. The summed E-state index contributed by atoms with van der Waals surface area (Å²) in [7, 11) is -3.21. The number of pyridine rings is 1. The Balaban J connectivity index is 2.03. The first-order valence-corrected chi connectivity index (χ1v) is 10.3. The average molecular weight is 353 g/mol. The van der Waals surface area contributed by atoms with Gasteiger partial charge in [-0.3, -0.25) is 9.78 Å². The van der Waals surface area contributed by atoms with Crippen molar-refractivity contribution in [2.45, 2.75) is 45.1 Å². The molecule has 1 aliphatic carbocycles. The van der Waals surface area contributed by atoms with Crippen LogP contribution in [0.1, 0.15) is 44.6 Å². The third kappa shape index (κ3) is 5.27. The highest BCUT2D eigenvalue weighted by molar-refractivity contribution is 7.88. The van der Waals surface area contributed by atoms with E-state index in [9.17, 15) is 13.2 Å². The normalized spacial score (nSPS) is 22.5. The number of amides is 1. The first kappa shape index (κ1) is 18.9. The SMILES string of the molecule is CC(C)C(C(=O)NC1CCCC1CNS(C)(=O)=O)c1cccnc1. The van der Waals surface area contributed by atoms with Gasteiger partial charge in [-0.05, 0) is 36.3 Å². The molecule has 2 rings (SSSR count). The van der Waals surface area contributed by atoms with Gasteiger partial charge in [0.25, 0.3) is 0 Å². The Bertz CT molecular complexity index is 646. The van der Waals surface area contributed by atoms with Crippen molar-refractivity contribution in [2.75, 3.05) is 12.8 Å². The van der Waals surface area contributed by atoms with Gasteiger partial charge in [0.1, 0.15) is 0 Å². The molecule has 6 nitrogen and oxygen atoms in total. The van der Waals surface area contributed by atoms with Gasteiger partial charge in [-0.25, -0.2) is 13.1 Å². The quantitative estimate of drug-likeness (QED) is 0.780. The second-order valence-electron chi connectivity index (χ2n) is 6.93. The molecule has 1 aliphatic rings. The van der Waals surface area contributed by atoms with E-state index in [4.69, 9.17) is 0 Å². The molecule has 1 saturated carbocycles. The van der Waals surface area contributed by atoms with Crippen LogP contribution in [0.5, 0.6) is 0 Å². The molecule has 7 heteroatoms. The summed E-state index contributed by atoms with van der Waals surface area (Å²) in [6, 6.07) is 3.78. The molecule has 0 aliphatic heterocycles. The lowest BCUT2D eigenvalue weighted by molar-refractivity contribution is -0.124. The van der Waals surface area contributed by atoms with Crippen molar-refractivity contribution >= 4 is 15.9 Å². The van der Waals surface area contributed by atoms with Crippen LogP contribution in [0, 0.1) is 11.8 Å². The first-order chi connectivity index (χ1) is 11.3. The van der Waals surface area contributed by atoms with Crippen molar-refractivity contribution in [1.82, 2.24) is 15.0 Å². The number of nitrogens with one attached hydrogen (secondary N) is 2. The molecule has 134 valence electrons. The Morgan fingerprint density at radius 2 is 2.12 bits per heavy atom. The zero-order valence-corrected chi connectivity index (χ0v) is 15.3. The van der Waals surface area contributed by atoms with Gasteiger partial charge in [-0.1, -0.05) is 26.3 Å². The van der Waals surface area contributed by atoms with E-state index in [0.717, 1.165) is 31.1 Å². The van der Waals surface area contributed by atoms with Gasteiger partial charge in [0.15, 0.2) is 0 Å². The highest BCUT2D eigenvalue weighted by Crippen LogP contribution is 2.28. The molecule has 0 saturated heterocycles. The highest BCUT2D eigenvalue weighted by Gasteiger charge is 2.32. The number of aromatic nitrogens is 1. The Kier molecular flexibility index (Phi) is 6.34. The number of sulfonamides is 1. The van der Waals surface area contributed by atoms with Gasteiger partial charge < -0.3 is 5.32 Å². The molecule has 3 unspecified atom stereocenters. The van der Waals surface area contributed by atoms with E-state index in [-0.39, 0.29) is 29.7 Å². The van der Waals surface area contributed by atoms with Crippen LogP contribution in [0.4, 0.5) is 0 Å². The summed E-state index contributed by atoms with van der Waals surface area (Å²) in [4.78, 5) is 16.9. The molecule has 1 heterocycles. The van der Waals surface area contributed by atoms with E-state index in [0.29, 0.717) is 6.54 Å². The lowest BCUT2D eigenvalue weighted by Crippen LogP contribution is -2.44. The minimum atomic E-state index is -3.21. The summed E-state index contributed by atoms with van der Waals surface area (Å²) >= 11 is 0. The van der Waals surface area contributed by atoms with Crippen molar-refractivity contribution in [3.05, 3.63) is 30.1 Å². The molecule has 2 N–H and O–H groups in total. The van der Waals surface area contributed by atoms with E-state index >= 15 is 0 Å². The van der Waals surface area contributed by atoms with Gasteiger partial charge >= 0.3 is 0 Å². The zero-order valence-electron chi connectivity index (χ0n) is 14.5. The van der Waals surface area contributed by atoms with E-state index in [1.54, 1.807) is 12.4 Å². The van der Waals surface area contributed by atoms with E-state index < -0.39 is 10.0 Å². The number of hydrogen-bond acceptors (Lipinski definition) is 4. The predicted molar refractivity (Wildman–Crippen MR) is 93.9 cm³/mol. The average Bonchev–Trinajstić information content (AvgIpc) is 2.92. The minimum Gasteiger partial charge on any atom is -0.353 e. The Morgan fingerprint density at radius 3 is 2.71 bits per heavy atom. The van der Waals surface area contributed by atoms with Crippen LogP contribution in [-0.4, -0.2) is 38.2 Å². The fraction of sp³-hybridized carbons (Fsp3) is 0.647. The molecule has 1 aromatic rings. The van der Waals surface area contributed by atoms with Crippen LogP contribution in [0.25, 0.3) is 0 Å². The molecule has 3 atom stereocenters. The summed E-state index contributed by atoms with van der Waals surface area (Å²) < 4.78 is 25.1. The fourth-order valence-electron chi connectivity index (χ4n) is 3.40. The Morgan fingerprint density at radius 1 is 1.38 bits per heavy atom. The fourth-order valence-corrected chi connectivity index (χ4v) is 3.92. The van der Waals surface area contributed by atoms with Crippen molar-refractivity contribution in [2.24, 2.45) is 11.8 Å². The molecule has 0 radical (unpaired) electrons. The number of nitrogens with zero attached hydrogens (tertiary/aromatic N) is 1. The highest BCUT2D eigenvalue weighted by atomic mass is 32.2. The summed E-state index contributed by atoms with van der Waals surface area (Å²) in [6.07, 6.45) is 7.41. The molecule has 24 heavy (non-hydrogen) atoms. The largest absolute Gasteiger partial charge is 0.353 e. The Labute approximate surface area is 144 Å². The van der Waals surface area contributed by atoms with Gasteiger partial charge in [-0.15, -0.1) is 0 Å². The number of carbonyl (C=O) groups excluding carboxylic acids is 1. The van der Waals surface area contributed by atoms with Crippen LogP contribution >= 0.6 is 0 Å². The monoisotopic (exact) mass is 353 g/mol. The van der Waals surface area contributed by atoms with Gasteiger partial charge in [-0.2, -0.15) is 0 Å². The molecular formula is C17H27N3O3S. The maximum absolute atomic E-state index is 12.8. The standard InChI is InChI=1S/C17H27N3O3S/c1-12(2)16(14-7-5-9-18-10-14)17(21)20-15-8-4-6-13(15)11-19-24(3,22)23/h5,7,9-10,12-13,15-16,19H,4,6,8,11H2,1-3H3,(H,20,21). The third-order valence-corrected chi connectivity index (χ3v) is 5.28. The topological polar surface area (TPSA) is 88.2 Å². The van der Waals surface area contributed by atoms with Crippen LogP contribution in [0.2, 0.25) is 0 Å². The molecular weight excluding hydrogens is 326 g/mol. The van der Waals surface area contributed by atoms with Crippen LogP contribution in [0.15, 0.2) is 24.5 Å². The Hall–Kier alpha value is -1.47. The van der Waals surface area contributed by atoms with Crippen molar-refractivity contribution < 1.29 is 13.2 Å². The smallest absolute Gasteiger partial charge is 0.228 e. The number of hydrogen-bond donors (Lipinski definition) is 2. The predicted octanol–water partition coefficient (Wildman–Crippen LogP) is 1.66. The number of rotatable bonds is 7. The molecule has 1 amide bonds. The minimum absolute atomic E-state index is 0.00532. The maximum Gasteiger partial charge on any atom is 0.228 e. The molecule has 1 aromatic heterocycles. The van der Waals surface area contributed by atoms with Crippen LogP contribution in [0.3, 0.4) is 0 Å². The molecule has 0 spiro atoms. The summed E-state index contributed by atoms with van der Waals surface area (Å²) in [5.41, 5.74) is 0.911. The lowest BCUT2D eigenvalue weighted by atomic mass is 9.88. The van der Waals surface area contributed by atoms with Gasteiger partial charge in [0.2, 0.25) is 15.9 Å². The van der Waals surface area contributed by atoms with Gasteiger partial charge in [0.05, 0.1) is 12.2 Å². The number of carbonyl (C=O) groups is 1. The van der Waals surface area contributed by atoms with E-state index in [2.05, 4.69) is 15.0 Å². The van der Waals surface area contributed by atoms with Gasteiger partial charge in [0, 0.05) is 25.0 Å². The van der Waals surface area contributed by atoms with Crippen LogP contribution in [-0.2, 0) is 14.8 Å². The maximum atomic E-state index is 12.8. The van der Waals surface area contributed by atoms with Crippen molar-refractivity contribution in [3.63, 3.8) is 0 Å². The molecule has 1 fully saturated rings. The lowest BCUT2D eigenvalue weighted by Gasteiger charge is -2.26. The third-order valence-electron chi connectivity index (χ3n) is 4.59. The van der Waals surface area contributed by atoms with E-state index in [1.807, 2.05) is 26.0 Å². The molecule has 0 bridgehead atoms. The summed E-state index contributed by atoms with van der Waals surface area (Å²) in [5, 5.41) is 3.14. The van der Waals surface area contributed by atoms with Crippen molar-refractivity contribution in [3.8, 4) is 0 Å². The second-order valence-corrected chi connectivity index (χ2v) is 8.77. The second kappa shape index (κ2) is 8.07. The summed E-state index contributed by atoms with van der Waals surface area (Å²) in [6.45, 7) is 4.42. The van der Waals surface area contributed by atoms with Crippen LogP contribution < -0.4 is 10.0 Å². The molecule has 0 aromatic carbocycles. The summed E-state index contributed by atoms with van der Waals surface area (Å²) in [5.74, 6) is 0.0469. The first-order valence-electron chi connectivity index (χ1n) is 8.43. The van der Waals surface area contributed by atoms with E-state index in [1.165, 1.54) is 0 Å².